The van der Waals surface area contributed by atoms with Gasteiger partial charge in [0.2, 0.25) is 0 Å². The van der Waals surface area contributed by atoms with Crippen LogP contribution in [0, 0.1) is 6.92 Å². The number of hydrogen-bond acceptors (Lipinski definition) is 2. The average molecular weight is 424 g/mol. The van der Waals surface area contributed by atoms with Crippen molar-refractivity contribution in [2.75, 3.05) is 5.32 Å². The summed E-state index contributed by atoms with van der Waals surface area (Å²) >= 11 is 0. The molecule has 0 radical (unpaired) electrons. The van der Waals surface area contributed by atoms with E-state index in [1.54, 1.807) is 6.20 Å². The average Bonchev–Trinajstić information content (AvgIpc) is 3.61. The van der Waals surface area contributed by atoms with Crippen LogP contribution < -0.4 is 10.6 Å². The Morgan fingerprint density at radius 3 is 2.62 bits per heavy atom. The number of hydrogen-bond donors (Lipinski definition) is 2. The van der Waals surface area contributed by atoms with Crippen molar-refractivity contribution in [2.24, 2.45) is 4.99 Å². The number of amidine groups is 1. The van der Waals surface area contributed by atoms with Gasteiger partial charge in [0, 0.05) is 16.9 Å². The highest BCUT2D eigenvalue weighted by Gasteiger charge is 2.13. The second kappa shape index (κ2) is 11.1. The topological polar surface area (TPSA) is 36.4 Å². The molecule has 0 atom stereocenters. The zero-order valence-electron chi connectivity index (χ0n) is 19.4. The maximum Gasteiger partial charge on any atom is 0.132 e. The Kier molecular flexibility index (Phi) is 8.04. The van der Waals surface area contributed by atoms with E-state index in [9.17, 15) is 0 Å². The summed E-state index contributed by atoms with van der Waals surface area (Å²) in [5.41, 5.74) is 9.28. The van der Waals surface area contributed by atoms with Gasteiger partial charge in [-0.2, -0.15) is 0 Å². The van der Waals surface area contributed by atoms with Gasteiger partial charge < -0.3 is 10.6 Å². The van der Waals surface area contributed by atoms with Crippen LogP contribution in [0.3, 0.4) is 0 Å². The number of nitrogens with zero attached hydrogens (tertiary/aromatic N) is 1. The molecule has 0 saturated heterocycles. The molecule has 3 heteroatoms. The minimum absolute atomic E-state index is 0.566. The lowest BCUT2D eigenvalue weighted by Crippen LogP contribution is -2.20. The molecule has 2 N–H and O–H groups in total. The molecule has 1 fully saturated rings. The molecular formula is C29H33N3. The molecule has 0 spiro atoms. The van der Waals surface area contributed by atoms with Gasteiger partial charge in [-0.3, -0.25) is 4.99 Å². The van der Waals surface area contributed by atoms with Crippen molar-refractivity contribution in [3.63, 3.8) is 0 Å². The van der Waals surface area contributed by atoms with Gasteiger partial charge in [0.15, 0.2) is 0 Å². The van der Waals surface area contributed by atoms with Crippen LogP contribution in [-0.2, 0) is 6.54 Å². The highest BCUT2D eigenvalue weighted by atomic mass is 15.0. The Bertz CT molecular complexity index is 1110. The van der Waals surface area contributed by atoms with Crippen molar-refractivity contribution >= 4 is 17.6 Å². The number of benzene rings is 2. The number of aliphatic imine (C=N–C) groups is 1. The molecule has 2 aromatic carbocycles. The Morgan fingerprint density at radius 2 is 1.91 bits per heavy atom. The Balaban J connectivity index is 1.77. The fourth-order valence-electron chi connectivity index (χ4n) is 3.28. The first-order valence-corrected chi connectivity index (χ1v) is 11.1. The molecule has 0 heterocycles. The van der Waals surface area contributed by atoms with Crippen molar-refractivity contribution < 1.29 is 0 Å². The second-order valence-electron chi connectivity index (χ2n) is 8.05. The van der Waals surface area contributed by atoms with Gasteiger partial charge >= 0.3 is 0 Å². The highest BCUT2D eigenvalue weighted by Crippen LogP contribution is 2.31. The highest BCUT2D eigenvalue weighted by molar-refractivity contribution is 6.01. The quantitative estimate of drug-likeness (QED) is 0.252. The van der Waals surface area contributed by atoms with Crippen molar-refractivity contribution in [3.05, 3.63) is 119 Å². The van der Waals surface area contributed by atoms with Gasteiger partial charge in [-0.25, -0.2) is 0 Å². The molecule has 164 valence electrons. The standard InChI is InChI=1S/C29H33N3/c1-6-21(3)14-15-22(4)32-27-12-8-10-25(19-27)20-31-29(30-7-2)28-13-9-11-26(23(28)5)18-24-16-17-24/h6-15,18-19,32H,2,4,16-17,20H2,1,3,5H3,(H,30,31)/b15-14-,21-6-. The zero-order chi connectivity index (χ0) is 22.9. The molecule has 0 amide bonds. The van der Waals surface area contributed by atoms with E-state index in [-0.39, 0.29) is 0 Å². The fourth-order valence-corrected chi connectivity index (χ4v) is 3.28. The van der Waals surface area contributed by atoms with Crippen molar-refractivity contribution in [1.82, 2.24) is 5.32 Å². The van der Waals surface area contributed by atoms with Gasteiger partial charge in [-0.05, 0) is 74.7 Å². The van der Waals surface area contributed by atoms with E-state index in [1.165, 1.54) is 35.1 Å². The molecule has 0 aliphatic heterocycles. The van der Waals surface area contributed by atoms with E-state index in [0.29, 0.717) is 6.54 Å². The molecule has 0 bridgehead atoms. The monoisotopic (exact) mass is 423 g/mol. The third-order valence-corrected chi connectivity index (χ3v) is 5.42. The lowest BCUT2D eigenvalue weighted by Gasteiger charge is -2.13. The SMILES string of the molecule is C=CNC(=NCc1cccc(NC(=C)/C=C\C(C)=C/C)c1)c1cccc(C=C2CC2)c1C. The zero-order valence-corrected chi connectivity index (χ0v) is 19.4. The van der Waals surface area contributed by atoms with Gasteiger partial charge in [-0.15, -0.1) is 0 Å². The van der Waals surface area contributed by atoms with Crippen LogP contribution in [0.4, 0.5) is 5.69 Å². The minimum atomic E-state index is 0.566. The number of nitrogens with one attached hydrogen (secondary N) is 2. The van der Waals surface area contributed by atoms with E-state index < -0.39 is 0 Å². The summed E-state index contributed by atoms with van der Waals surface area (Å²) in [5.74, 6) is 0.834. The number of allylic oxidation sites excluding steroid dienone is 5. The molecular weight excluding hydrogens is 390 g/mol. The summed E-state index contributed by atoms with van der Waals surface area (Å²) in [4.78, 5) is 4.88. The van der Waals surface area contributed by atoms with Crippen molar-refractivity contribution in [2.45, 2.75) is 40.2 Å². The van der Waals surface area contributed by atoms with Crippen LogP contribution in [0.2, 0.25) is 0 Å². The smallest absolute Gasteiger partial charge is 0.132 e. The Labute approximate surface area is 192 Å². The fraction of sp³-hybridized carbons (Fsp3) is 0.207. The molecule has 3 nitrogen and oxygen atoms in total. The lowest BCUT2D eigenvalue weighted by atomic mass is 10.0. The minimum Gasteiger partial charge on any atom is -0.356 e. The van der Waals surface area contributed by atoms with Crippen molar-refractivity contribution in [3.8, 4) is 0 Å². The second-order valence-corrected chi connectivity index (χ2v) is 8.05. The van der Waals surface area contributed by atoms with Crippen LogP contribution in [0.25, 0.3) is 6.08 Å². The van der Waals surface area contributed by atoms with Gasteiger partial charge in [0.05, 0.1) is 6.54 Å². The van der Waals surface area contributed by atoms with E-state index in [4.69, 9.17) is 4.99 Å². The molecule has 32 heavy (non-hydrogen) atoms. The summed E-state index contributed by atoms with van der Waals surface area (Å²) in [5, 5.41) is 6.59. The van der Waals surface area contributed by atoms with Gasteiger partial charge in [0.1, 0.15) is 5.84 Å². The predicted molar refractivity (Wildman–Crippen MR) is 140 cm³/mol. The predicted octanol–water partition coefficient (Wildman–Crippen LogP) is 7.30. The third-order valence-electron chi connectivity index (χ3n) is 5.42. The van der Waals surface area contributed by atoms with Crippen LogP contribution >= 0.6 is 0 Å². The number of rotatable bonds is 9. The van der Waals surface area contributed by atoms with Crippen LogP contribution in [0.15, 0.2) is 102 Å². The molecule has 0 aromatic heterocycles. The van der Waals surface area contributed by atoms with Crippen LogP contribution in [-0.4, -0.2) is 5.84 Å². The normalized spacial score (nSPS) is 13.8. The van der Waals surface area contributed by atoms with E-state index in [2.05, 4.69) is 80.1 Å². The first-order valence-electron chi connectivity index (χ1n) is 11.1. The molecule has 2 aromatic rings. The summed E-state index contributed by atoms with van der Waals surface area (Å²) in [7, 11) is 0. The molecule has 3 rings (SSSR count). The first-order chi connectivity index (χ1) is 15.5. The van der Waals surface area contributed by atoms with E-state index in [1.807, 2.05) is 31.2 Å². The summed E-state index contributed by atoms with van der Waals surface area (Å²) < 4.78 is 0. The largest absolute Gasteiger partial charge is 0.356 e. The maximum absolute atomic E-state index is 4.88. The van der Waals surface area contributed by atoms with E-state index in [0.717, 1.165) is 28.3 Å². The van der Waals surface area contributed by atoms with Crippen LogP contribution in [0.1, 0.15) is 48.9 Å². The van der Waals surface area contributed by atoms with Crippen molar-refractivity contribution in [1.29, 1.82) is 0 Å². The van der Waals surface area contributed by atoms with Crippen LogP contribution in [0.5, 0.6) is 0 Å². The number of anilines is 1. The van der Waals surface area contributed by atoms with Gasteiger partial charge in [0.25, 0.3) is 0 Å². The molecule has 1 aliphatic carbocycles. The Hall–Kier alpha value is -3.59. The lowest BCUT2D eigenvalue weighted by molar-refractivity contribution is 1.04. The summed E-state index contributed by atoms with van der Waals surface area (Å²) in [6.45, 7) is 14.7. The first kappa shape index (κ1) is 23.1. The molecule has 1 aliphatic rings. The van der Waals surface area contributed by atoms with E-state index >= 15 is 0 Å². The van der Waals surface area contributed by atoms with Gasteiger partial charge in [-0.1, -0.05) is 72.9 Å². The maximum atomic E-state index is 4.88. The molecule has 1 saturated carbocycles. The summed E-state index contributed by atoms with van der Waals surface area (Å²) in [6, 6.07) is 14.6. The Morgan fingerprint density at radius 1 is 1.12 bits per heavy atom. The molecule has 0 unspecified atom stereocenters. The summed E-state index contributed by atoms with van der Waals surface area (Å²) in [6.07, 6.45) is 12.5. The third kappa shape index (κ3) is 6.71.